The van der Waals surface area contributed by atoms with Crippen molar-refractivity contribution in [2.75, 3.05) is 20.1 Å². The third-order valence-corrected chi connectivity index (χ3v) is 5.23. The lowest BCUT2D eigenvalue weighted by atomic mass is 9.92. The molecule has 3 aliphatic heterocycles. The van der Waals surface area contributed by atoms with E-state index in [9.17, 15) is 4.79 Å². The van der Waals surface area contributed by atoms with E-state index in [0.29, 0.717) is 39.5 Å². The van der Waals surface area contributed by atoms with Gasteiger partial charge in [-0.15, -0.1) is 0 Å². The second-order valence-electron chi connectivity index (χ2n) is 5.83. The van der Waals surface area contributed by atoms with Crippen molar-refractivity contribution in [3.05, 3.63) is 45.4 Å². The zero-order valence-electron chi connectivity index (χ0n) is 13.0. The standard InChI is InChI=1S/C18H12BrNO5/c19-15-10(1-2-12-18(15)25-8-22-12)17(21)16-11-6-14-13(23-7-24-14)5-9(11)3-4-20-16/h1-2,5-6H,3-4,7-8H2. The first-order valence-corrected chi connectivity index (χ1v) is 8.62. The molecule has 25 heavy (non-hydrogen) atoms. The van der Waals surface area contributed by atoms with Crippen LogP contribution in [0.4, 0.5) is 0 Å². The summed E-state index contributed by atoms with van der Waals surface area (Å²) < 4.78 is 22.2. The molecule has 6 nitrogen and oxygen atoms in total. The van der Waals surface area contributed by atoms with Gasteiger partial charge in [-0.25, -0.2) is 0 Å². The minimum absolute atomic E-state index is 0.152. The van der Waals surface area contributed by atoms with E-state index < -0.39 is 0 Å². The lowest BCUT2D eigenvalue weighted by Crippen LogP contribution is -2.22. The molecule has 0 bridgehead atoms. The number of ether oxygens (including phenoxy) is 4. The first-order valence-electron chi connectivity index (χ1n) is 7.82. The molecule has 0 radical (unpaired) electrons. The summed E-state index contributed by atoms with van der Waals surface area (Å²) in [5.41, 5.74) is 2.76. The molecule has 7 heteroatoms. The average Bonchev–Trinajstić information content (AvgIpc) is 3.28. The Morgan fingerprint density at radius 2 is 1.76 bits per heavy atom. The Balaban J connectivity index is 1.59. The molecule has 3 heterocycles. The third-order valence-electron chi connectivity index (χ3n) is 4.44. The van der Waals surface area contributed by atoms with Crippen molar-refractivity contribution < 1.29 is 23.7 Å². The largest absolute Gasteiger partial charge is 0.454 e. The van der Waals surface area contributed by atoms with Gasteiger partial charge in [0.2, 0.25) is 19.4 Å². The van der Waals surface area contributed by atoms with Gasteiger partial charge < -0.3 is 18.9 Å². The molecule has 0 aromatic heterocycles. The van der Waals surface area contributed by atoms with Crippen LogP contribution in [0.2, 0.25) is 0 Å². The smallest absolute Gasteiger partial charge is 0.231 e. The van der Waals surface area contributed by atoms with E-state index in [4.69, 9.17) is 18.9 Å². The normalized spacial score (nSPS) is 16.4. The van der Waals surface area contributed by atoms with Crippen LogP contribution >= 0.6 is 15.9 Å². The Kier molecular flexibility index (Phi) is 3.24. The van der Waals surface area contributed by atoms with E-state index in [2.05, 4.69) is 20.9 Å². The Morgan fingerprint density at radius 3 is 2.64 bits per heavy atom. The maximum absolute atomic E-state index is 13.2. The van der Waals surface area contributed by atoms with Gasteiger partial charge in [0.05, 0.1) is 4.47 Å². The molecule has 126 valence electrons. The summed E-state index contributed by atoms with van der Waals surface area (Å²) >= 11 is 3.46. The highest BCUT2D eigenvalue weighted by Gasteiger charge is 2.29. The number of Topliss-reactive ketones (excluding diaryl/α,β-unsaturated/α-hetero) is 1. The highest BCUT2D eigenvalue weighted by molar-refractivity contribution is 9.10. The summed E-state index contributed by atoms with van der Waals surface area (Å²) in [4.78, 5) is 17.6. The molecule has 0 spiro atoms. The average molecular weight is 402 g/mol. The molecular formula is C18H12BrNO5. The van der Waals surface area contributed by atoms with Crippen LogP contribution in [0.1, 0.15) is 21.5 Å². The van der Waals surface area contributed by atoms with E-state index in [1.165, 1.54) is 0 Å². The lowest BCUT2D eigenvalue weighted by molar-refractivity contribution is 0.106. The van der Waals surface area contributed by atoms with Gasteiger partial charge in [-0.1, -0.05) is 0 Å². The molecule has 0 saturated carbocycles. The van der Waals surface area contributed by atoms with Gasteiger partial charge >= 0.3 is 0 Å². The predicted molar refractivity (Wildman–Crippen MR) is 92.3 cm³/mol. The predicted octanol–water partition coefficient (Wildman–Crippen LogP) is 3.13. The molecule has 2 aromatic rings. The molecule has 2 aromatic carbocycles. The number of ketones is 1. The fraction of sp³-hybridized carbons (Fsp3) is 0.222. The number of aliphatic imine (C=N–C) groups is 1. The number of halogens is 1. The van der Waals surface area contributed by atoms with E-state index in [-0.39, 0.29) is 19.4 Å². The van der Waals surface area contributed by atoms with Crippen LogP contribution in [0, 0.1) is 0 Å². The van der Waals surface area contributed by atoms with Gasteiger partial charge in [-0.05, 0) is 52.2 Å². The molecule has 0 amide bonds. The fourth-order valence-electron chi connectivity index (χ4n) is 3.22. The molecule has 0 unspecified atom stereocenters. The first kappa shape index (κ1) is 14.8. The highest BCUT2D eigenvalue weighted by Crippen LogP contribution is 2.42. The van der Waals surface area contributed by atoms with Crippen LogP contribution in [0.25, 0.3) is 0 Å². The second kappa shape index (κ2) is 5.49. The molecule has 0 fully saturated rings. The van der Waals surface area contributed by atoms with Gasteiger partial charge in [0.1, 0.15) is 5.71 Å². The molecule has 3 aliphatic rings. The molecule has 0 saturated heterocycles. The van der Waals surface area contributed by atoms with Crippen LogP contribution in [0.5, 0.6) is 23.0 Å². The number of carbonyl (C=O) groups excluding carboxylic acids is 1. The van der Waals surface area contributed by atoms with E-state index >= 15 is 0 Å². The highest BCUT2D eigenvalue weighted by atomic mass is 79.9. The molecule has 0 N–H and O–H groups in total. The quantitative estimate of drug-likeness (QED) is 0.723. The minimum atomic E-state index is -0.162. The van der Waals surface area contributed by atoms with Gasteiger partial charge in [0.25, 0.3) is 0 Å². The lowest BCUT2D eigenvalue weighted by Gasteiger charge is -2.17. The topological polar surface area (TPSA) is 66.4 Å². The van der Waals surface area contributed by atoms with E-state index in [1.54, 1.807) is 12.1 Å². The summed E-state index contributed by atoms with van der Waals surface area (Å²) in [7, 11) is 0. The number of nitrogens with zero attached hydrogens (tertiary/aromatic N) is 1. The summed E-state index contributed by atoms with van der Waals surface area (Å²) in [6.45, 7) is 0.918. The summed E-state index contributed by atoms with van der Waals surface area (Å²) in [6, 6.07) is 7.25. The molecular weight excluding hydrogens is 390 g/mol. The zero-order valence-corrected chi connectivity index (χ0v) is 14.6. The van der Waals surface area contributed by atoms with Crippen molar-refractivity contribution in [2.45, 2.75) is 6.42 Å². The first-order chi connectivity index (χ1) is 12.2. The number of rotatable bonds is 2. The molecule has 5 rings (SSSR count). The Bertz CT molecular complexity index is 953. The summed E-state index contributed by atoms with van der Waals surface area (Å²) in [6.07, 6.45) is 0.769. The van der Waals surface area contributed by atoms with Crippen LogP contribution in [-0.4, -0.2) is 31.6 Å². The van der Waals surface area contributed by atoms with Crippen molar-refractivity contribution in [3.63, 3.8) is 0 Å². The summed E-state index contributed by atoms with van der Waals surface area (Å²) in [5, 5.41) is 0. The maximum atomic E-state index is 13.2. The van der Waals surface area contributed by atoms with Crippen LogP contribution in [0.3, 0.4) is 0 Å². The number of carbonyl (C=O) groups is 1. The van der Waals surface area contributed by atoms with Crippen LogP contribution in [0.15, 0.2) is 33.7 Å². The molecule has 0 atom stereocenters. The van der Waals surface area contributed by atoms with E-state index in [0.717, 1.165) is 23.3 Å². The van der Waals surface area contributed by atoms with Crippen molar-refractivity contribution in [1.82, 2.24) is 0 Å². The van der Waals surface area contributed by atoms with Gasteiger partial charge in [-0.2, -0.15) is 0 Å². The number of benzene rings is 2. The molecule has 0 aliphatic carbocycles. The SMILES string of the molecule is O=C(C1=NCCc2cc3c(cc21)OCO3)c1ccc2c(c1Br)OCO2. The summed E-state index contributed by atoms with van der Waals surface area (Å²) in [5.74, 6) is 2.37. The zero-order chi connectivity index (χ0) is 17.0. The van der Waals surface area contributed by atoms with Crippen molar-refractivity contribution in [3.8, 4) is 23.0 Å². The van der Waals surface area contributed by atoms with Crippen LogP contribution in [-0.2, 0) is 6.42 Å². The van der Waals surface area contributed by atoms with Gasteiger partial charge in [0.15, 0.2) is 23.0 Å². The van der Waals surface area contributed by atoms with Crippen molar-refractivity contribution >= 4 is 27.4 Å². The monoisotopic (exact) mass is 401 g/mol. The van der Waals surface area contributed by atoms with Crippen LogP contribution < -0.4 is 18.9 Å². The second-order valence-corrected chi connectivity index (χ2v) is 6.63. The van der Waals surface area contributed by atoms with Gasteiger partial charge in [0, 0.05) is 17.7 Å². The fourth-order valence-corrected chi connectivity index (χ4v) is 3.84. The number of hydrogen-bond donors (Lipinski definition) is 0. The Labute approximate surface area is 151 Å². The van der Waals surface area contributed by atoms with E-state index in [1.807, 2.05) is 12.1 Å². The van der Waals surface area contributed by atoms with Crippen molar-refractivity contribution in [2.24, 2.45) is 4.99 Å². The maximum Gasteiger partial charge on any atom is 0.231 e. The Hall–Kier alpha value is -2.54. The minimum Gasteiger partial charge on any atom is -0.454 e. The number of fused-ring (bicyclic) bond motifs is 3. The van der Waals surface area contributed by atoms with Crippen molar-refractivity contribution in [1.29, 1.82) is 0 Å². The Morgan fingerprint density at radius 1 is 1.00 bits per heavy atom. The third kappa shape index (κ3) is 2.22. The van der Waals surface area contributed by atoms with Gasteiger partial charge in [-0.3, -0.25) is 9.79 Å². The number of hydrogen-bond acceptors (Lipinski definition) is 6.